The van der Waals surface area contributed by atoms with Gasteiger partial charge in [-0.15, -0.1) is 0 Å². The van der Waals surface area contributed by atoms with Crippen molar-refractivity contribution in [1.82, 2.24) is 19.9 Å². The summed E-state index contributed by atoms with van der Waals surface area (Å²) in [5, 5.41) is 1.77. The van der Waals surface area contributed by atoms with E-state index in [0.29, 0.717) is 0 Å². The summed E-state index contributed by atoms with van der Waals surface area (Å²) in [5.74, 6) is 0. The van der Waals surface area contributed by atoms with E-state index in [1.165, 1.54) is 11.8 Å². The molecule has 0 bridgehead atoms. The highest BCUT2D eigenvalue weighted by molar-refractivity contribution is 7.99. The van der Waals surface area contributed by atoms with Gasteiger partial charge in [-0.25, -0.2) is 9.97 Å². The van der Waals surface area contributed by atoms with Crippen molar-refractivity contribution in [3.63, 3.8) is 0 Å². The van der Waals surface area contributed by atoms with E-state index in [1.54, 1.807) is 12.4 Å². The molecule has 0 atom stereocenters. The Kier molecular flexibility index (Phi) is 4.48. The van der Waals surface area contributed by atoms with Crippen LogP contribution in [0.2, 0.25) is 0 Å². The first kappa shape index (κ1) is 15.5. The molecule has 120 valence electrons. The van der Waals surface area contributed by atoms with Gasteiger partial charge in [-0.3, -0.25) is 9.97 Å². The Balaban J connectivity index is 1.61. The van der Waals surface area contributed by atoms with Crippen molar-refractivity contribution in [3.05, 3.63) is 85.2 Å². The zero-order valence-corrected chi connectivity index (χ0v) is 14.1. The molecule has 0 N–H and O–H groups in total. The van der Waals surface area contributed by atoms with Crippen molar-refractivity contribution in [2.45, 2.75) is 10.1 Å². The van der Waals surface area contributed by atoms with Crippen molar-refractivity contribution in [2.24, 2.45) is 0 Å². The molecule has 25 heavy (non-hydrogen) atoms. The summed E-state index contributed by atoms with van der Waals surface area (Å²) in [6.07, 6.45) is 3.55. The van der Waals surface area contributed by atoms with Gasteiger partial charge in [0, 0.05) is 12.4 Å². The molecular formula is C20H14N4S. The second-order valence-electron chi connectivity index (χ2n) is 5.25. The largest absolute Gasteiger partial charge is 0.255 e. The molecule has 0 radical (unpaired) electrons. The fourth-order valence-corrected chi connectivity index (χ4v) is 3.16. The maximum Gasteiger partial charge on any atom is 0.103 e. The van der Waals surface area contributed by atoms with Crippen LogP contribution in [0.4, 0.5) is 0 Å². The number of aromatic nitrogens is 4. The van der Waals surface area contributed by atoms with Crippen LogP contribution >= 0.6 is 11.8 Å². The van der Waals surface area contributed by atoms with Crippen molar-refractivity contribution in [1.29, 1.82) is 0 Å². The highest BCUT2D eigenvalue weighted by atomic mass is 32.2. The summed E-state index contributed by atoms with van der Waals surface area (Å²) in [4.78, 5) is 18.1. The van der Waals surface area contributed by atoms with E-state index >= 15 is 0 Å². The van der Waals surface area contributed by atoms with Crippen LogP contribution in [0.15, 0.2) is 95.2 Å². The molecule has 0 aliphatic heterocycles. The highest BCUT2D eigenvalue weighted by Crippen LogP contribution is 2.27. The van der Waals surface area contributed by atoms with E-state index in [-0.39, 0.29) is 0 Å². The normalized spacial score (nSPS) is 10.6. The van der Waals surface area contributed by atoms with E-state index in [4.69, 9.17) is 0 Å². The molecule has 4 rings (SSSR count). The van der Waals surface area contributed by atoms with E-state index in [9.17, 15) is 0 Å². The number of hydrogen-bond acceptors (Lipinski definition) is 5. The SMILES string of the molecule is c1ccc(-c2cccc(Sc3cccc(-c4ccccn4)n3)n2)nc1. The van der Waals surface area contributed by atoms with Crippen LogP contribution in [0, 0.1) is 0 Å². The molecule has 4 heterocycles. The maximum absolute atomic E-state index is 4.69. The van der Waals surface area contributed by atoms with Gasteiger partial charge < -0.3 is 0 Å². The van der Waals surface area contributed by atoms with Gasteiger partial charge >= 0.3 is 0 Å². The summed E-state index contributed by atoms with van der Waals surface area (Å²) in [5.41, 5.74) is 3.43. The molecule has 4 aromatic rings. The van der Waals surface area contributed by atoms with Gasteiger partial charge in [0.25, 0.3) is 0 Å². The third-order valence-corrected chi connectivity index (χ3v) is 4.38. The van der Waals surface area contributed by atoms with Crippen LogP contribution in [0.3, 0.4) is 0 Å². The fourth-order valence-electron chi connectivity index (χ4n) is 2.36. The van der Waals surface area contributed by atoms with Crippen molar-refractivity contribution in [2.75, 3.05) is 0 Å². The predicted octanol–water partition coefficient (Wildman–Crippen LogP) is 4.75. The molecule has 5 heteroatoms. The van der Waals surface area contributed by atoms with Gasteiger partial charge in [0.2, 0.25) is 0 Å². The Morgan fingerprint density at radius 2 is 0.960 bits per heavy atom. The zero-order valence-electron chi connectivity index (χ0n) is 13.3. The summed E-state index contributed by atoms with van der Waals surface area (Å²) >= 11 is 1.53. The van der Waals surface area contributed by atoms with Crippen LogP contribution < -0.4 is 0 Å². The second kappa shape index (κ2) is 7.23. The Hall–Kier alpha value is -3.05. The summed E-state index contributed by atoms with van der Waals surface area (Å²) in [6.45, 7) is 0. The number of nitrogens with zero attached hydrogens (tertiary/aromatic N) is 4. The highest BCUT2D eigenvalue weighted by Gasteiger charge is 2.06. The van der Waals surface area contributed by atoms with E-state index in [2.05, 4.69) is 19.9 Å². The fraction of sp³-hybridized carbons (Fsp3) is 0. The molecule has 0 amide bonds. The lowest BCUT2D eigenvalue weighted by Gasteiger charge is -2.05. The Bertz CT molecular complexity index is 894. The third-order valence-electron chi connectivity index (χ3n) is 3.51. The second-order valence-corrected chi connectivity index (χ2v) is 6.29. The lowest BCUT2D eigenvalue weighted by Crippen LogP contribution is -1.90. The van der Waals surface area contributed by atoms with Gasteiger partial charge in [-0.2, -0.15) is 0 Å². The molecule has 4 nitrogen and oxygen atoms in total. The smallest absolute Gasteiger partial charge is 0.103 e. The van der Waals surface area contributed by atoms with E-state index in [0.717, 1.165) is 32.8 Å². The van der Waals surface area contributed by atoms with E-state index in [1.807, 2.05) is 72.8 Å². The Morgan fingerprint density at radius 3 is 1.40 bits per heavy atom. The molecule has 4 aromatic heterocycles. The average molecular weight is 342 g/mol. The molecule has 0 spiro atoms. The number of hydrogen-bond donors (Lipinski definition) is 0. The summed E-state index contributed by atoms with van der Waals surface area (Å²) < 4.78 is 0. The standard InChI is InChI=1S/C20H14N4S/c1-3-13-21-15(7-1)17-9-5-11-19(23-17)25-20-12-6-10-18(24-20)16-8-2-4-14-22-16/h1-14H. The van der Waals surface area contributed by atoms with Crippen LogP contribution in [-0.4, -0.2) is 19.9 Å². The van der Waals surface area contributed by atoms with Gasteiger partial charge in [-0.05, 0) is 48.5 Å². The maximum atomic E-state index is 4.69. The van der Waals surface area contributed by atoms with Gasteiger partial charge in [0.1, 0.15) is 10.1 Å². The predicted molar refractivity (Wildman–Crippen MR) is 99.1 cm³/mol. The minimum atomic E-state index is 0.853. The molecule has 0 saturated heterocycles. The van der Waals surface area contributed by atoms with Crippen LogP contribution in [-0.2, 0) is 0 Å². The average Bonchev–Trinajstić information content (AvgIpc) is 2.70. The number of rotatable bonds is 4. The lowest BCUT2D eigenvalue weighted by molar-refractivity contribution is 1.09. The first-order valence-corrected chi connectivity index (χ1v) is 8.65. The number of pyridine rings is 4. The van der Waals surface area contributed by atoms with Crippen LogP contribution in [0.25, 0.3) is 22.8 Å². The molecule has 0 aliphatic rings. The molecular weight excluding hydrogens is 328 g/mol. The van der Waals surface area contributed by atoms with E-state index < -0.39 is 0 Å². The first-order chi connectivity index (χ1) is 12.4. The zero-order chi connectivity index (χ0) is 16.9. The topological polar surface area (TPSA) is 51.6 Å². The monoisotopic (exact) mass is 342 g/mol. The summed E-state index contributed by atoms with van der Waals surface area (Å²) in [6, 6.07) is 23.5. The molecule has 0 saturated carbocycles. The van der Waals surface area contributed by atoms with Crippen molar-refractivity contribution in [3.8, 4) is 22.8 Å². The van der Waals surface area contributed by atoms with Crippen molar-refractivity contribution < 1.29 is 0 Å². The minimum Gasteiger partial charge on any atom is -0.255 e. The molecule has 0 aromatic carbocycles. The lowest BCUT2D eigenvalue weighted by atomic mass is 10.2. The Morgan fingerprint density at radius 1 is 0.480 bits per heavy atom. The third kappa shape index (κ3) is 3.72. The molecule has 0 fully saturated rings. The van der Waals surface area contributed by atoms with Gasteiger partial charge in [-0.1, -0.05) is 36.0 Å². The van der Waals surface area contributed by atoms with Crippen molar-refractivity contribution >= 4 is 11.8 Å². The minimum absolute atomic E-state index is 0.853. The first-order valence-electron chi connectivity index (χ1n) is 7.83. The molecule has 0 aliphatic carbocycles. The van der Waals surface area contributed by atoms with Crippen LogP contribution in [0.5, 0.6) is 0 Å². The molecule has 0 unspecified atom stereocenters. The quantitative estimate of drug-likeness (QED) is 0.535. The van der Waals surface area contributed by atoms with Crippen LogP contribution in [0.1, 0.15) is 0 Å². The summed E-state index contributed by atoms with van der Waals surface area (Å²) in [7, 11) is 0. The van der Waals surface area contributed by atoms with Gasteiger partial charge in [0.05, 0.1) is 22.8 Å². The Labute approximate surface area is 150 Å². The van der Waals surface area contributed by atoms with Gasteiger partial charge in [0.15, 0.2) is 0 Å².